The highest BCUT2D eigenvalue weighted by molar-refractivity contribution is 6.00. The molecule has 4 atom stereocenters. The number of hydrogen-bond donors (Lipinski definition) is 1. The van der Waals surface area contributed by atoms with Gasteiger partial charge in [-0.25, -0.2) is 23.1 Å². The molecule has 2 saturated carbocycles. The van der Waals surface area contributed by atoms with E-state index < -0.39 is 34.3 Å². The van der Waals surface area contributed by atoms with Gasteiger partial charge in [0.15, 0.2) is 11.6 Å². The molecule has 15 nitrogen and oxygen atoms in total. The molecule has 0 radical (unpaired) electrons. The van der Waals surface area contributed by atoms with Crippen LogP contribution in [0.15, 0.2) is 81.2 Å². The first-order valence-corrected chi connectivity index (χ1v) is 23.6. The predicted molar refractivity (Wildman–Crippen MR) is 249 cm³/mol. The lowest BCUT2D eigenvalue weighted by Crippen LogP contribution is -2.45. The Morgan fingerprint density at radius 1 is 0.941 bits per heavy atom. The summed E-state index contributed by atoms with van der Waals surface area (Å²) in [5, 5.41) is 15.0. The molecule has 68 heavy (non-hydrogen) atoms. The van der Waals surface area contributed by atoms with Crippen LogP contribution in [-0.4, -0.2) is 73.0 Å². The first kappa shape index (κ1) is 42.5. The lowest BCUT2D eigenvalue weighted by atomic mass is 9.83. The normalized spacial score (nSPS) is 22.7. The van der Waals surface area contributed by atoms with E-state index in [1.165, 1.54) is 27.1 Å². The van der Waals surface area contributed by atoms with Crippen LogP contribution in [0.3, 0.4) is 0 Å². The van der Waals surface area contributed by atoms with Gasteiger partial charge in [-0.05, 0) is 145 Å². The van der Waals surface area contributed by atoms with E-state index in [0.29, 0.717) is 76.7 Å². The quantitative estimate of drug-likeness (QED) is 0.159. The molecular formula is C51H52F2N10O5. The van der Waals surface area contributed by atoms with Crippen molar-refractivity contribution in [2.24, 2.45) is 5.92 Å². The number of aryl methyl sites for hydroxylation is 3. The van der Waals surface area contributed by atoms with Crippen molar-refractivity contribution in [1.29, 1.82) is 0 Å². The second kappa shape index (κ2) is 14.6. The van der Waals surface area contributed by atoms with Crippen molar-refractivity contribution in [3.63, 3.8) is 0 Å². The number of nitrogens with one attached hydrogen (secondary N) is 1. The number of halogens is 2. The van der Waals surface area contributed by atoms with Crippen molar-refractivity contribution >= 4 is 27.7 Å². The van der Waals surface area contributed by atoms with Gasteiger partial charge >= 0.3 is 11.4 Å². The third-order valence-electron chi connectivity index (χ3n) is 15.6. The number of amides is 1. The number of aromatic amines is 1. The van der Waals surface area contributed by atoms with Crippen LogP contribution in [0.25, 0.3) is 39.0 Å². The van der Waals surface area contributed by atoms with E-state index in [0.717, 1.165) is 42.3 Å². The second-order valence-corrected chi connectivity index (χ2v) is 20.3. The van der Waals surface area contributed by atoms with Crippen LogP contribution in [0.5, 0.6) is 0 Å². The summed E-state index contributed by atoms with van der Waals surface area (Å²) < 4.78 is 51.0. The van der Waals surface area contributed by atoms with Crippen molar-refractivity contribution in [1.82, 2.24) is 48.3 Å². The molecule has 12 rings (SSSR count). The first-order chi connectivity index (χ1) is 32.5. The lowest BCUT2D eigenvalue weighted by Gasteiger charge is -2.38. The molecule has 1 saturated heterocycles. The molecule has 0 bridgehead atoms. The number of rotatable bonds is 8. The monoisotopic (exact) mass is 922 g/mol. The largest absolute Gasteiger partial charge is 0.438 e. The van der Waals surface area contributed by atoms with E-state index in [1.54, 1.807) is 53.7 Å². The Labute approximate surface area is 388 Å². The Hall–Kier alpha value is -6.88. The van der Waals surface area contributed by atoms with Gasteiger partial charge in [0.1, 0.15) is 22.9 Å². The number of carbonyl (C=O) groups excluding carboxylic acids is 1. The third-order valence-corrected chi connectivity index (χ3v) is 15.6. The number of imidazole rings is 1. The highest BCUT2D eigenvalue weighted by atomic mass is 19.1. The molecule has 1 spiro atoms. The molecule has 3 fully saturated rings. The van der Waals surface area contributed by atoms with Crippen molar-refractivity contribution in [2.75, 3.05) is 13.2 Å². The Bertz CT molecular complexity index is 3520. The van der Waals surface area contributed by atoms with E-state index in [2.05, 4.69) is 58.8 Å². The van der Waals surface area contributed by atoms with Gasteiger partial charge in [0.05, 0.1) is 45.8 Å². The Kier molecular flexibility index (Phi) is 9.10. The van der Waals surface area contributed by atoms with Crippen LogP contribution >= 0.6 is 0 Å². The summed E-state index contributed by atoms with van der Waals surface area (Å²) in [7, 11) is 0. The highest BCUT2D eigenvalue weighted by Gasteiger charge is 2.60. The molecule has 8 aromatic rings. The van der Waals surface area contributed by atoms with Crippen LogP contribution in [0.2, 0.25) is 0 Å². The second-order valence-electron chi connectivity index (χ2n) is 20.3. The zero-order valence-corrected chi connectivity index (χ0v) is 39.1. The average Bonchev–Trinajstić information content (AvgIpc) is 3.72. The molecule has 1 N–H and O–H groups in total. The predicted octanol–water partition coefficient (Wildman–Crippen LogP) is 8.41. The van der Waals surface area contributed by atoms with E-state index in [4.69, 9.17) is 14.4 Å². The molecule has 1 amide bonds. The van der Waals surface area contributed by atoms with Gasteiger partial charge in [0, 0.05) is 54.0 Å². The molecule has 3 aromatic carbocycles. The van der Waals surface area contributed by atoms with Crippen LogP contribution in [-0.2, 0) is 22.2 Å². The number of nitrogens with zero attached hydrogens (tertiary/aromatic N) is 9. The van der Waals surface area contributed by atoms with Gasteiger partial charge in [-0.3, -0.25) is 28.1 Å². The molecule has 2 aliphatic heterocycles. The standard InChI is InChI=1S/C51H52F2N10O5/c1-8-61-37-11-12-38(42(53)35(37)25-54-61)58-16-17-59(48(58)66)44-40-30(5)60(26-50(14-15-50)43(40)56-63(44)34-19-27(2)41(52)28(3)20-34)45(64)39-22-33-21-31(32-13-18-67-49(6,7)24-32)9-10-36(33)62(39)51(23-29(51)4)46-55-47(65)68-57-46/h9-12,16-17,19-22,25,29-30,32H,8,13-15,18,23-24,26H2,1-7H3,(H,55,57,65)/t29-,30-,32-,51-/m0/s1. The zero-order chi connectivity index (χ0) is 47.3. The van der Waals surface area contributed by atoms with Crippen molar-refractivity contribution in [3.05, 3.63) is 139 Å². The maximum Gasteiger partial charge on any atom is 0.438 e. The molecule has 7 heterocycles. The maximum atomic E-state index is 16.4. The van der Waals surface area contributed by atoms with Crippen LogP contribution in [0.1, 0.15) is 123 Å². The molecule has 350 valence electrons. The zero-order valence-electron chi connectivity index (χ0n) is 39.1. The SMILES string of the molecule is CCn1ncc2c(F)c(-n3ccn(-c4c5c(nn4-c4cc(C)c(F)c(C)c4)C4(CC4)CN(C(=O)c4cc6cc([C@H]7CCOC(C)(C)C7)ccc6n4[C@@]4(c6noc(=O)[nH]6)C[C@@H]4C)[C@H]5C)c3=O)ccc21. The maximum absolute atomic E-state index is 16.4. The number of aromatic nitrogens is 9. The van der Waals surface area contributed by atoms with E-state index >= 15 is 13.6 Å². The van der Waals surface area contributed by atoms with Crippen molar-refractivity contribution in [2.45, 2.75) is 116 Å². The fraction of sp³-hybridized carbons (Fsp3) is 0.412. The summed E-state index contributed by atoms with van der Waals surface area (Å²) in [4.78, 5) is 48.0. The Morgan fingerprint density at radius 2 is 1.68 bits per heavy atom. The Morgan fingerprint density at radius 3 is 2.35 bits per heavy atom. The van der Waals surface area contributed by atoms with Gasteiger partial charge in [-0.1, -0.05) is 18.1 Å². The van der Waals surface area contributed by atoms with E-state index in [1.807, 2.05) is 24.8 Å². The number of benzene rings is 3. The van der Waals surface area contributed by atoms with Crippen LogP contribution < -0.4 is 11.4 Å². The number of hydrogen-bond acceptors (Lipinski definition) is 8. The van der Waals surface area contributed by atoms with Crippen molar-refractivity contribution < 1.29 is 22.8 Å². The number of ether oxygens (including phenoxy) is 1. The number of carbonyl (C=O) groups is 1. The topological polar surface area (TPSA) is 156 Å². The van der Waals surface area contributed by atoms with Gasteiger partial charge < -0.3 is 14.2 Å². The average molecular weight is 923 g/mol. The lowest BCUT2D eigenvalue weighted by molar-refractivity contribution is -0.0592. The van der Waals surface area contributed by atoms with Gasteiger partial charge in [0.2, 0.25) is 0 Å². The molecule has 2 aliphatic carbocycles. The van der Waals surface area contributed by atoms with Gasteiger partial charge in [-0.2, -0.15) is 10.2 Å². The molecular weight excluding hydrogens is 871 g/mol. The minimum absolute atomic E-state index is 0.00160. The molecule has 5 aromatic heterocycles. The van der Waals surface area contributed by atoms with Crippen LogP contribution in [0.4, 0.5) is 8.78 Å². The fourth-order valence-electron chi connectivity index (χ4n) is 11.7. The first-order valence-electron chi connectivity index (χ1n) is 23.6. The molecule has 0 unspecified atom stereocenters. The van der Waals surface area contributed by atoms with E-state index in [-0.39, 0.29) is 34.8 Å². The Balaban J connectivity index is 1.03. The third kappa shape index (κ3) is 6.09. The minimum atomic E-state index is -0.860. The summed E-state index contributed by atoms with van der Waals surface area (Å²) >= 11 is 0. The summed E-state index contributed by atoms with van der Waals surface area (Å²) in [6, 6.07) is 14.5. The highest BCUT2D eigenvalue weighted by Crippen LogP contribution is 2.58. The summed E-state index contributed by atoms with van der Waals surface area (Å²) in [5.41, 5.74) is 3.68. The van der Waals surface area contributed by atoms with Crippen LogP contribution in [0, 0.1) is 31.4 Å². The molecule has 17 heteroatoms. The number of H-pyrrole nitrogens is 1. The molecule has 4 aliphatic rings. The van der Waals surface area contributed by atoms with Gasteiger partial charge in [-0.15, -0.1) is 0 Å². The minimum Gasteiger partial charge on any atom is -0.376 e. The van der Waals surface area contributed by atoms with E-state index in [9.17, 15) is 9.59 Å². The number of fused-ring (bicyclic) bond motifs is 4. The fourth-order valence-corrected chi connectivity index (χ4v) is 11.7. The summed E-state index contributed by atoms with van der Waals surface area (Å²) in [6.45, 7) is 15.1. The summed E-state index contributed by atoms with van der Waals surface area (Å²) in [6.07, 6.45) is 8.44. The summed E-state index contributed by atoms with van der Waals surface area (Å²) in [5.74, 6) is -0.824. The van der Waals surface area contributed by atoms with Gasteiger partial charge in [0.25, 0.3) is 5.91 Å². The van der Waals surface area contributed by atoms with Crippen molar-refractivity contribution in [3.8, 4) is 17.2 Å². The smallest absolute Gasteiger partial charge is 0.376 e.